The number of hydrogen-bond acceptors (Lipinski definition) is 5. The van der Waals surface area contributed by atoms with Gasteiger partial charge in [-0.1, -0.05) is 0 Å². The number of nitrogens with one attached hydrogen (secondary N) is 1. The molecule has 5 atom stereocenters. The number of ether oxygens (including phenoxy) is 2. The van der Waals surface area contributed by atoms with E-state index in [2.05, 4.69) is 5.32 Å². The standard InChI is InChI=1S/C9H17NO5/c1-4-7(12)6(10-5(2)11)8(13)9(14-3)15-4/h4,6-9,12-13H,1-3H3,(H,10,11)/t4-,6+,7+,8-,9-/m0/s1. The highest BCUT2D eigenvalue weighted by Crippen LogP contribution is 2.21. The molecule has 0 bridgehead atoms. The van der Waals surface area contributed by atoms with Crippen LogP contribution in [0.1, 0.15) is 13.8 Å². The van der Waals surface area contributed by atoms with E-state index in [0.29, 0.717) is 0 Å². The fourth-order valence-corrected chi connectivity index (χ4v) is 1.64. The molecular formula is C9H17NO5. The van der Waals surface area contributed by atoms with Gasteiger partial charge in [0.1, 0.15) is 12.2 Å². The molecule has 1 fully saturated rings. The van der Waals surface area contributed by atoms with Gasteiger partial charge in [-0.3, -0.25) is 4.79 Å². The van der Waals surface area contributed by atoms with Gasteiger partial charge in [-0.15, -0.1) is 0 Å². The van der Waals surface area contributed by atoms with Crippen LogP contribution in [0, 0.1) is 0 Å². The van der Waals surface area contributed by atoms with Crippen molar-refractivity contribution in [3.05, 3.63) is 0 Å². The summed E-state index contributed by atoms with van der Waals surface area (Å²) in [5.41, 5.74) is 0. The van der Waals surface area contributed by atoms with Gasteiger partial charge in [-0.2, -0.15) is 0 Å². The first-order chi connectivity index (χ1) is 6.97. The van der Waals surface area contributed by atoms with Crippen LogP contribution in [-0.2, 0) is 14.3 Å². The monoisotopic (exact) mass is 219 g/mol. The zero-order chi connectivity index (χ0) is 11.6. The molecule has 0 aromatic heterocycles. The quantitative estimate of drug-likeness (QED) is 0.532. The molecule has 1 saturated heterocycles. The summed E-state index contributed by atoms with van der Waals surface area (Å²) in [4.78, 5) is 10.9. The second kappa shape index (κ2) is 4.89. The van der Waals surface area contributed by atoms with Crippen molar-refractivity contribution in [1.82, 2.24) is 5.32 Å². The van der Waals surface area contributed by atoms with E-state index in [1.807, 2.05) is 0 Å². The third-order valence-corrected chi connectivity index (χ3v) is 2.45. The number of methoxy groups -OCH3 is 1. The molecule has 0 aromatic carbocycles. The third-order valence-electron chi connectivity index (χ3n) is 2.45. The molecule has 0 aliphatic carbocycles. The third kappa shape index (κ3) is 2.66. The predicted molar refractivity (Wildman–Crippen MR) is 51.0 cm³/mol. The van der Waals surface area contributed by atoms with Gasteiger partial charge in [-0.25, -0.2) is 0 Å². The topological polar surface area (TPSA) is 88.0 Å². The van der Waals surface area contributed by atoms with E-state index in [4.69, 9.17) is 9.47 Å². The average Bonchev–Trinajstić information content (AvgIpc) is 2.18. The number of carbonyl (C=O) groups excluding carboxylic acids is 1. The maximum atomic E-state index is 10.9. The van der Waals surface area contributed by atoms with Gasteiger partial charge in [-0.05, 0) is 6.92 Å². The highest BCUT2D eigenvalue weighted by Gasteiger charge is 2.43. The molecule has 88 valence electrons. The van der Waals surface area contributed by atoms with Crippen LogP contribution in [-0.4, -0.2) is 53.9 Å². The van der Waals surface area contributed by atoms with Crippen molar-refractivity contribution in [1.29, 1.82) is 0 Å². The Morgan fingerprint density at radius 1 is 1.40 bits per heavy atom. The minimum absolute atomic E-state index is 0.318. The Morgan fingerprint density at radius 2 is 2.00 bits per heavy atom. The van der Waals surface area contributed by atoms with Gasteiger partial charge in [0.2, 0.25) is 5.91 Å². The second-order valence-electron chi connectivity index (χ2n) is 3.65. The zero-order valence-electron chi connectivity index (χ0n) is 9.01. The van der Waals surface area contributed by atoms with Crippen LogP contribution in [0.4, 0.5) is 0 Å². The SMILES string of the molecule is CO[C@H]1O[C@@H](C)[C@@H](O)[C@@H](NC(C)=O)[C@@H]1O. The molecule has 1 aliphatic heterocycles. The van der Waals surface area contributed by atoms with Gasteiger partial charge < -0.3 is 25.0 Å². The largest absolute Gasteiger partial charge is 0.388 e. The van der Waals surface area contributed by atoms with Crippen LogP contribution in [0.2, 0.25) is 0 Å². The first-order valence-electron chi connectivity index (χ1n) is 4.79. The van der Waals surface area contributed by atoms with Crippen LogP contribution in [0.3, 0.4) is 0 Å². The molecule has 6 nitrogen and oxygen atoms in total. The summed E-state index contributed by atoms with van der Waals surface area (Å²) >= 11 is 0. The molecule has 0 unspecified atom stereocenters. The van der Waals surface area contributed by atoms with Crippen LogP contribution in [0.5, 0.6) is 0 Å². The van der Waals surface area contributed by atoms with Gasteiger partial charge in [0.05, 0.1) is 12.1 Å². The Bertz CT molecular complexity index is 235. The number of amides is 1. The normalized spacial score (nSPS) is 41.3. The van der Waals surface area contributed by atoms with Crippen molar-refractivity contribution in [3.8, 4) is 0 Å². The van der Waals surface area contributed by atoms with E-state index in [-0.39, 0.29) is 5.91 Å². The van der Waals surface area contributed by atoms with E-state index in [1.54, 1.807) is 6.92 Å². The summed E-state index contributed by atoms with van der Waals surface area (Å²) in [6.07, 6.45) is -3.36. The van der Waals surface area contributed by atoms with Crippen molar-refractivity contribution in [2.45, 2.75) is 44.5 Å². The number of carbonyl (C=O) groups is 1. The van der Waals surface area contributed by atoms with Crippen LogP contribution in [0.15, 0.2) is 0 Å². The number of rotatable bonds is 2. The predicted octanol–water partition coefficient (Wildman–Crippen LogP) is -1.40. The molecule has 1 aliphatic rings. The summed E-state index contributed by atoms with van der Waals surface area (Å²) in [6, 6.07) is -0.767. The maximum Gasteiger partial charge on any atom is 0.217 e. The molecule has 1 heterocycles. The van der Waals surface area contributed by atoms with Gasteiger partial charge in [0.15, 0.2) is 6.29 Å². The summed E-state index contributed by atoms with van der Waals surface area (Å²) in [5.74, 6) is -0.318. The Balaban J connectivity index is 2.74. The Labute approximate surface area is 88.2 Å². The van der Waals surface area contributed by atoms with Crippen molar-refractivity contribution in [3.63, 3.8) is 0 Å². The van der Waals surface area contributed by atoms with E-state index >= 15 is 0 Å². The lowest BCUT2D eigenvalue weighted by atomic mass is 9.97. The minimum Gasteiger partial charge on any atom is -0.388 e. The first-order valence-corrected chi connectivity index (χ1v) is 4.79. The summed E-state index contributed by atoms with van der Waals surface area (Å²) in [7, 11) is 1.39. The van der Waals surface area contributed by atoms with Gasteiger partial charge in [0, 0.05) is 14.0 Å². The zero-order valence-corrected chi connectivity index (χ0v) is 9.01. The molecule has 0 spiro atoms. The molecular weight excluding hydrogens is 202 g/mol. The second-order valence-corrected chi connectivity index (χ2v) is 3.65. The van der Waals surface area contributed by atoms with Gasteiger partial charge in [0.25, 0.3) is 0 Å². The van der Waals surface area contributed by atoms with E-state index in [0.717, 1.165) is 0 Å². The van der Waals surface area contributed by atoms with E-state index in [9.17, 15) is 15.0 Å². The Hall–Kier alpha value is -0.690. The molecule has 3 N–H and O–H groups in total. The van der Waals surface area contributed by atoms with Crippen LogP contribution < -0.4 is 5.32 Å². The van der Waals surface area contributed by atoms with Crippen molar-refractivity contribution >= 4 is 5.91 Å². The maximum absolute atomic E-state index is 10.9. The van der Waals surface area contributed by atoms with E-state index < -0.39 is 30.6 Å². The fourth-order valence-electron chi connectivity index (χ4n) is 1.64. The number of aliphatic hydroxyl groups excluding tert-OH is 2. The molecule has 6 heteroatoms. The molecule has 0 radical (unpaired) electrons. The van der Waals surface area contributed by atoms with Crippen LogP contribution >= 0.6 is 0 Å². The van der Waals surface area contributed by atoms with Crippen molar-refractivity contribution < 1.29 is 24.5 Å². The van der Waals surface area contributed by atoms with E-state index in [1.165, 1.54) is 14.0 Å². The molecule has 1 amide bonds. The van der Waals surface area contributed by atoms with Crippen molar-refractivity contribution in [2.75, 3.05) is 7.11 Å². The van der Waals surface area contributed by atoms with Crippen LogP contribution in [0.25, 0.3) is 0 Å². The molecule has 1 rings (SSSR count). The molecule has 15 heavy (non-hydrogen) atoms. The smallest absolute Gasteiger partial charge is 0.217 e. The van der Waals surface area contributed by atoms with Gasteiger partial charge >= 0.3 is 0 Å². The first kappa shape index (κ1) is 12.4. The van der Waals surface area contributed by atoms with Crippen molar-refractivity contribution in [2.24, 2.45) is 0 Å². The average molecular weight is 219 g/mol. The Morgan fingerprint density at radius 3 is 2.47 bits per heavy atom. The lowest BCUT2D eigenvalue weighted by Gasteiger charge is -2.41. The molecule has 0 saturated carbocycles. The highest BCUT2D eigenvalue weighted by atomic mass is 16.7. The minimum atomic E-state index is -1.08. The fraction of sp³-hybridized carbons (Fsp3) is 0.889. The lowest BCUT2D eigenvalue weighted by molar-refractivity contribution is -0.261. The molecule has 0 aromatic rings. The Kier molecular flexibility index (Phi) is 4.04. The number of hydrogen-bond donors (Lipinski definition) is 3. The highest BCUT2D eigenvalue weighted by molar-refractivity contribution is 5.73. The lowest BCUT2D eigenvalue weighted by Crippen LogP contribution is -2.63. The number of aliphatic hydroxyl groups is 2. The summed E-state index contributed by atoms with van der Waals surface area (Å²) < 4.78 is 10.1. The summed E-state index contributed by atoms with van der Waals surface area (Å²) in [6.45, 7) is 2.97. The summed E-state index contributed by atoms with van der Waals surface area (Å²) in [5, 5.41) is 21.9.